The van der Waals surface area contributed by atoms with E-state index in [1.165, 1.54) is 18.2 Å². The summed E-state index contributed by atoms with van der Waals surface area (Å²) >= 11 is 0. The molecule has 0 heterocycles. The van der Waals surface area contributed by atoms with Crippen LogP contribution in [0.1, 0.15) is 5.56 Å². The van der Waals surface area contributed by atoms with E-state index in [-0.39, 0.29) is 24.5 Å². The van der Waals surface area contributed by atoms with E-state index in [1.54, 1.807) is 0 Å². The molecule has 1 aromatic carbocycles. The molecule has 7 heteroatoms. The molecule has 0 saturated heterocycles. The van der Waals surface area contributed by atoms with Crippen molar-refractivity contribution < 1.29 is 27.1 Å². The molecular weight excluding hydrogens is 265 g/mol. The van der Waals surface area contributed by atoms with Crippen molar-refractivity contribution in [3.63, 3.8) is 0 Å². The summed E-state index contributed by atoms with van der Waals surface area (Å²) in [6, 6.07) is 3.95. The first-order valence-corrected chi connectivity index (χ1v) is 5.72. The van der Waals surface area contributed by atoms with Crippen LogP contribution in [0.25, 0.3) is 0 Å². The van der Waals surface area contributed by atoms with E-state index in [0.717, 1.165) is 0 Å². The van der Waals surface area contributed by atoms with E-state index in [1.807, 2.05) is 0 Å². The number of benzene rings is 1. The first-order valence-electron chi connectivity index (χ1n) is 4.90. The average molecular weight is 276 g/mol. The standard InChI is InChI=1S/C11H11F3O3Si/c1-2-5-15-9-3-4-10(17-11(12,13)14)8(6-9)7-16-18/h1,3-4,6H,5,7H2,18H3. The molecule has 0 saturated carbocycles. The number of alkyl halides is 3. The maximum Gasteiger partial charge on any atom is 0.573 e. The molecule has 0 aliphatic rings. The van der Waals surface area contributed by atoms with Gasteiger partial charge in [0.2, 0.25) is 0 Å². The lowest BCUT2D eigenvalue weighted by Gasteiger charge is -2.14. The van der Waals surface area contributed by atoms with Crippen LogP contribution in [-0.2, 0) is 11.0 Å². The third kappa shape index (κ3) is 4.69. The lowest BCUT2D eigenvalue weighted by Crippen LogP contribution is -2.18. The number of hydrogen-bond donors (Lipinski definition) is 0. The van der Waals surface area contributed by atoms with E-state index in [0.29, 0.717) is 16.2 Å². The van der Waals surface area contributed by atoms with Gasteiger partial charge in [0.15, 0.2) is 0 Å². The quantitative estimate of drug-likeness (QED) is 0.601. The van der Waals surface area contributed by atoms with Gasteiger partial charge in [0.25, 0.3) is 0 Å². The van der Waals surface area contributed by atoms with Crippen LogP contribution in [0, 0.1) is 12.3 Å². The molecule has 0 N–H and O–H groups in total. The summed E-state index contributed by atoms with van der Waals surface area (Å²) in [5, 5.41) is 0. The summed E-state index contributed by atoms with van der Waals surface area (Å²) < 4.78 is 50.4. The molecule has 0 aliphatic carbocycles. The van der Waals surface area contributed by atoms with Crippen molar-refractivity contribution in [2.75, 3.05) is 6.61 Å². The molecule has 0 amide bonds. The largest absolute Gasteiger partial charge is 0.573 e. The molecule has 98 valence electrons. The van der Waals surface area contributed by atoms with Crippen LogP contribution in [-0.4, -0.2) is 23.5 Å². The third-order valence-electron chi connectivity index (χ3n) is 1.88. The number of halogens is 3. The molecular formula is C11H11F3O3Si. The number of ether oxygens (including phenoxy) is 2. The monoisotopic (exact) mass is 276 g/mol. The van der Waals surface area contributed by atoms with Crippen LogP contribution >= 0.6 is 0 Å². The van der Waals surface area contributed by atoms with Crippen LogP contribution in [0.5, 0.6) is 11.5 Å². The van der Waals surface area contributed by atoms with Gasteiger partial charge in [0, 0.05) is 5.56 Å². The molecule has 1 aromatic rings. The van der Waals surface area contributed by atoms with Crippen LogP contribution in [0.15, 0.2) is 18.2 Å². The minimum atomic E-state index is -4.74. The number of terminal acetylenes is 1. The molecule has 0 aromatic heterocycles. The van der Waals surface area contributed by atoms with Gasteiger partial charge in [0.05, 0.1) is 6.61 Å². The Kier molecular flexibility index (Phi) is 5.06. The molecule has 0 spiro atoms. The van der Waals surface area contributed by atoms with Gasteiger partial charge in [-0.05, 0) is 18.2 Å². The van der Waals surface area contributed by atoms with Gasteiger partial charge in [-0.3, -0.25) is 0 Å². The molecule has 0 radical (unpaired) electrons. The Balaban J connectivity index is 2.93. The maximum atomic E-state index is 12.2. The maximum absolute atomic E-state index is 12.2. The average Bonchev–Trinajstić information content (AvgIpc) is 2.28. The van der Waals surface area contributed by atoms with Crippen molar-refractivity contribution in [3.8, 4) is 23.8 Å². The highest BCUT2D eigenvalue weighted by Gasteiger charge is 2.32. The predicted octanol–water partition coefficient (Wildman–Crippen LogP) is 1.39. The smallest absolute Gasteiger partial charge is 0.481 e. The Morgan fingerprint density at radius 2 is 2.06 bits per heavy atom. The van der Waals surface area contributed by atoms with Crippen molar-refractivity contribution in [1.82, 2.24) is 0 Å². The second kappa shape index (κ2) is 6.33. The van der Waals surface area contributed by atoms with Gasteiger partial charge in [-0.2, -0.15) is 0 Å². The van der Waals surface area contributed by atoms with Gasteiger partial charge in [-0.25, -0.2) is 0 Å². The van der Waals surface area contributed by atoms with E-state index in [2.05, 4.69) is 10.7 Å². The summed E-state index contributed by atoms with van der Waals surface area (Å²) in [5.74, 6) is 2.33. The number of hydrogen-bond acceptors (Lipinski definition) is 3. The molecule has 18 heavy (non-hydrogen) atoms. The fraction of sp³-hybridized carbons (Fsp3) is 0.273. The van der Waals surface area contributed by atoms with Crippen molar-refractivity contribution in [2.24, 2.45) is 0 Å². The first-order chi connectivity index (χ1) is 8.46. The Morgan fingerprint density at radius 3 is 2.61 bits per heavy atom. The highest BCUT2D eigenvalue weighted by molar-refractivity contribution is 5.97. The molecule has 1 rings (SSSR count). The van der Waals surface area contributed by atoms with Crippen LogP contribution < -0.4 is 9.47 Å². The van der Waals surface area contributed by atoms with E-state index in [4.69, 9.17) is 15.6 Å². The first kappa shape index (κ1) is 14.4. The lowest BCUT2D eigenvalue weighted by molar-refractivity contribution is -0.275. The van der Waals surface area contributed by atoms with Crippen molar-refractivity contribution in [2.45, 2.75) is 13.0 Å². The zero-order valence-corrected chi connectivity index (χ0v) is 11.6. The van der Waals surface area contributed by atoms with Crippen molar-refractivity contribution in [3.05, 3.63) is 23.8 Å². The Morgan fingerprint density at radius 1 is 1.33 bits per heavy atom. The minimum absolute atomic E-state index is 0.0326. The van der Waals surface area contributed by atoms with Crippen molar-refractivity contribution in [1.29, 1.82) is 0 Å². The Bertz CT molecular complexity index is 440. The molecule has 3 nitrogen and oxygen atoms in total. The molecule has 0 fully saturated rings. The van der Waals surface area contributed by atoms with Gasteiger partial charge < -0.3 is 13.9 Å². The van der Waals surface area contributed by atoms with Gasteiger partial charge in [0.1, 0.15) is 28.6 Å². The van der Waals surface area contributed by atoms with E-state index >= 15 is 0 Å². The van der Waals surface area contributed by atoms with Gasteiger partial charge in [-0.1, -0.05) is 5.92 Å². The third-order valence-corrected chi connectivity index (χ3v) is 2.17. The summed E-state index contributed by atoms with van der Waals surface area (Å²) in [5.41, 5.74) is 0.261. The van der Waals surface area contributed by atoms with Crippen molar-refractivity contribution >= 4 is 10.5 Å². The molecule has 0 unspecified atom stereocenters. The predicted molar refractivity (Wildman–Crippen MR) is 62.2 cm³/mol. The van der Waals surface area contributed by atoms with Crippen LogP contribution in [0.2, 0.25) is 0 Å². The SMILES string of the molecule is C#CCOc1ccc(OC(F)(F)F)c(CO[SiH3])c1. The summed E-state index contributed by atoms with van der Waals surface area (Å²) in [6.07, 6.45) is 0.284. The summed E-state index contributed by atoms with van der Waals surface area (Å²) in [4.78, 5) is 0. The zero-order chi connectivity index (χ0) is 13.6. The summed E-state index contributed by atoms with van der Waals surface area (Å²) in [7, 11) is 0.405. The van der Waals surface area contributed by atoms with Crippen LogP contribution in [0.3, 0.4) is 0 Å². The lowest BCUT2D eigenvalue weighted by atomic mass is 10.2. The molecule has 0 bridgehead atoms. The van der Waals surface area contributed by atoms with E-state index < -0.39 is 6.36 Å². The second-order valence-corrected chi connectivity index (χ2v) is 3.82. The normalized spacial score (nSPS) is 11.0. The summed E-state index contributed by atoms with van der Waals surface area (Å²) in [6.45, 7) is 0.0749. The zero-order valence-electron chi connectivity index (χ0n) is 9.58. The fourth-order valence-corrected chi connectivity index (χ4v) is 1.57. The van der Waals surface area contributed by atoms with Gasteiger partial charge in [-0.15, -0.1) is 19.6 Å². The van der Waals surface area contributed by atoms with E-state index in [9.17, 15) is 13.2 Å². The van der Waals surface area contributed by atoms with Crippen LogP contribution in [0.4, 0.5) is 13.2 Å². The second-order valence-electron chi connectivity index (χ2n) is 3.24. The minimum Gasteiger partial charge on any atom is -0.481 e. The number of rotatable bonds is 5. The van der Waals surface area contributed by atoms with Gasteiger partial charge >= 0.3 is 6.36 Å². The highest BCUT2D eigenvalue weighted by atomic mass is 28.2. The Labute approximate surface area is 105 Å². The topological polar surface area (TPSA) is 27.7 Å². The Hall–Kier alpha value is -1.65. The molecule has 0 atom stereocenters. The fourth-order valence-electron chi connectivity index (χ4n) is 1.26. The molecule has 0 aliphatic heterocycles. The highest BCUT2D eigenvalue weighted by Crippen LogP contribution is 2.29.